The summed E-state index contributed by atoms with van der Waals surface area (Å²) < 4.78 is 10.7. The molecule has 0 fully saturated rings. The highest BCUT2D eigenvalue weighted by molar-refractivity contribution is 7.99. The third kappa shape index (κ3) is 6.41. The fourth-order valence-electron chi connectivity index (χ4n) is 4.59. The van der Waals surface area contributed by atoms with Gasteiger partial charge in [-0.25, -0.2) is 4.79 Å². The van der Waals surface area contributed by atoms with Crippen LogP contribution in [0.15, 0.2) is 47.4 Å². The molecule has 1 aliphatic rings. The van der Waals surface area contributed by atoms with Gasteiger partial charge in [0.25, 0.3) is 0 Å². The predicted molar refractivity (Wildman–Crippen MR) is 144 cm³/mol. The average Bonchev–Trinajstić information content (AvgIpc) is 3.02. The summed E-state index contributed by atoms with van der Waals surface area (Å²) in [7, 11) is 5.40. The van der Waals surface area contributed by atoms with Crippen LogP contribution in [-0.2, 0) is 9.53 Å². The van der Waals surface area contributed by atoms with Crippen LogP contribution in [0.25, 0.3) is 0 Å². The first kappa shape index (κ1) is 26.3. The molecule has 2 aromatic carbocycles. The van der Waals surface area contributed by atoms with Crippen molar-refractivity contribution in [1.29, 1.82) is 0 Å². The molecule has 0 amide bonds. The molecule has 0 atom stereocenters. The lowest BCUT2D eigenvalue weighted by Crippen LogP contribution is -2.36. The standard InChI is InChI=1S/C28H40N2O3S/c1-6-8-15-28(16-9-7-2)20-30(22-13-11-10-12-14-22)24-17-23(29(3)4)25(18-26(24)34-21-28)33-19-27(31)32-5/h10-14,17-18H,6-9,15-16,19-21H2,1-5H3. The largest absolute Gasteiger partial charge is 0.480 e. The van der Waals surface area contributed by atoms with Gasteiger partial charge in [0.1, 0.15) is 5.75 Å². The molecule has 0 aliphatic carbocycles. The van der Waals surface area contributed by atoms with E-state index in [9.17, 15) is 4.79 Å². The number of unbranched alkanes of at least 4 members (excludes halogenated alkanes) is 2. The van der Waals surface area contributed by atoms with Gasteiger partial charge in [-0.2, -0.15) is 0 Å². The van der Waals surface area contributed by atoms with Gasteiger partial charge in [-0.1, -0.05) is 57.7 Å². The van der Waals surface area contributed by atoms with Crippen LogP contribution in [-0.4, -0.2) is 46.1 Å². The van der Waals surface area contributed by atoms with E-state index in [4.69, 9.17) is 9.47 Å². The minimum absolute atomic E-state index is 0.0971. The SMILES string of the molecule is CCCCC1(CCCC)CSc2cc(OCC(=O)OC)c(N(C)C)cc2N(c2ccccc2)C1. The van der Waals surface area contributed by atoms with Crippen LogP contribution >= 0.6 is 11.8 Å². The zero-order valence-corrected chi connectivity index (χ0v) is 22.2. The second-order valence-electron chi connectivity index (χ2n) is 9.46. The van der Waals surface area contributed by atoms with E-state index in [0.717, 1.165) is 18.0 Å². The average molecular weight is 485 g/mol. The second kappa shape index (κ2) is 12.4. The number of benzene rings is 2. The minimum Gasteiger partial charge on any atom is -0.480 e. The number of carbonyl (C=O) groups is 1. The monoisotopic (exact) mass is 484 g/mol. The number of carbonyl (C=O) groups excluding carboxylic acids is 1. The lowest BCUT2D eigenvalue weighted by molar-refractivity contribution is -0.142. The molecule has 0 bridgehead atoms. The Balaban J connectivity index is 2.09. The fraction of sp³-hybridized carbons (Fsp3) is 0.536. The predicted octanol–water partition coefficient (Wildman–Crippen LogP) is 6.92. The highest BCUT2D eigenvalue weighted by Crippen LogP contribution is 2.50. The van der Waals surface area contributed by atoms with Crippen LogP contribution in [0.1, 0.15) is 52.4 Å². The third-order valence-corrected chi connectivity index (χ3v) is 8.00. The van der Waals surface area contributed by atoms with Crippen molar-refractivity contribution in [3.63, 3.8) is 0 Å². The molecule has 34 heavy (non-hydrogen) atoms. The van der Waals surface area contributed by atoms with E-state index in [0.29, 0.717) is 5.75 Å². The minimum atomic E-state index is -0.378. The van der Waals surface area contributed by atoms with E-state index < -0.39 is 0 Å². The lowest BCUT2D eigenvalue weighted by Gasteiger charge is -2.38. The number of para-hydroxylation sites is 1. The van der Waals surface area contributed by atoms with Gasteiger partial charge in [0.05, 0.1) is 18.5 Å². The van der Waals surface area contributed by atoms with E-state index in [2.05, 4.69) is 61.2 Å². The number of hydrogen-bond acceptors (Lipinski definition) is 6. The quantitative estimate of drug-likeness (QED) is 0.323. The van der Waals surface area contributed by atoms with Crippen LogP contribution in [0.3, 0.4) is 0 Å². The van der Waals surface area contributed by atoms with Gasteiger partial charge >= 0.3 is 5.97 Å². The summed E-state index contributed by atoms with van der Waals surface area (Å²) in [6.07, 6.45) is 7.40. The smallest absolute Gasteiger partial charge is 0.343 e. The van der Waals surface area contributed by atoms with Crippen LogP contribution in [0.5, 0.6) is 5.75 Å². The van der Waals surface area contributed by atoms with Gasteiger partial charge in [-0.05, 0) is 42.5 Å². The first-order valence-electron chi connectivity index (χ1n) is 12.4. The van der Waals surface area contributed by atoms with Gasteiger partial charge in [0.15, 0.2) is 6.61 Å². The van der Waals surface area contributed by atoms with Gasteiger partial charge < -0.3 is 19.3 Å². The maximum Gasteiger partial charge on any atom is 0.343 e. The Kier molecular flexibility index (Phi) is 9.57. The Morgan fingerprint density at radius 3 is 2.35 bits per heavy atom. The molecule has 1 aliphatic heterocycles. The van der Waals surface area contributed by atoms with Crippen molar-refractivity contribution in [2.45, 2.75) is 57.3 Å². The zero-order valence-electron chi connectivity index (χ0n) is 21.4. The Bertz CT molecular complexity index is 925. The number of anilines is 3. The number of fused-ring (bicyclic) bond motifs is 1. The second-order valence-corrected chi connectivity index (χ2v) is 10.5. The maximum absolute atomic E-state index is 11.8. The Labute approximate surface area is 209 Å². The summed E-state index contributed by atoms with van der Waals surface area (Å²) in [5.41, 5.74) is 3.63. The molecule has 2 aromatic rings. The summed E-state index contributed by atoms with van der Waals surface area (Å²) in [6, 6.07) is 15.1. The van der Waals surface area contributed by atoms with Crippen molar-refractivity contribution in [1.82, 2.24) is 0 Å². The zero-order chi connectivity index (χ0) is 24.6. The summed E-state index contributed by atoms with van der Waals surface area (Å²) in [6.45, 7) is 5.48. The molecule has 0 saturated heterocycles. The molecule has 0 N–H and O–H groups in total. The van der Waals surface area contributed by atoms with Crippen molar-refractivity contribution in [3.8, 4) is 5.75 Å². The number of thioether (sulfide) groups is 1. The van der Waals surface area contributed by atoms with E-state index in [1.54, 1.807) is 0 Å². The van der Waals surface area contributed by atoms with Crippen molar-refractivity contribution >= 4 is 34.8 Å². The summed E-state index contributed by atoms with van der Waals surface area (Å²) in [5.74, 6) is 1.42. The molecule has 0 aromatic heterocycles. The topological polar surface area (TPSA) is 42.0 Å². The summed E-state index contributed by atoms with van der Waals surface area (Å²) in [5, 5.41) is 0. The van der Waals surface area contributed by atoms with E-state index in [1.807, 2.05) is 30.8 Å². The van der Waals surface area contributed by atoms with Crippen LogP contribution in [0, 0.1) is 5.41 Å². The normalized spacial score (nSPS) is 14.8. The van der Waals surface area contributed by atoms with Crippen molar-refractivity contribution in [2.24, 2.45) is 5.41 Å². The number of ether oxygens (including phenoxy) is 2. The van der Waals surface area contributed by atoms with Crippen molar-refractivity contribution < 1.29 is 14.3 Å². The molecule has 6 heteroatoms. The highest BCUT2D eigenvalue weighted by atomic mass is 32.2. The van der Waals surface area contributed by atoms with E-state index >= 15 is 0 Å². The molecular weight excluding hydrogens is 444 g/mol. The van der Waals surface area contributed by atoms with Crippen LogP contribution in [0.4, 0.5) is 17.1 Å². The number of hydrogen-bond donors (Lipinski definition) is 0. The maximum atomic E-state index is 11.8. The molecule has 0 saturated carbocycles. The van der Waals surface area contributed by atoms with Crippen LogP contribution < -0.4 is 14.5 Å². The number of esters is 1. The summed E-state index contributed by atoms with van der Waals surface area (Å²) in [4.78, 5) is 17.5. The number of rotatable bonds is 11. The number of nitrogens with zero attached hydrogens (tertiary/aromatic N) is 2. The van der Waals surface area contributed by atoms with Gasteiger partial charge in [-0.3, -0.25) is 0 Å². The van der Waals surface area contributed by atoms with Gasteiger partial charge in [0, 0.05) is 37.0 Å². The van der Waals surface area contributed by atoms with E-state index in [1.165, 1.54) is 61.9 Å². The molecule has 5 nitrogen and oxygen atoms in total. The first-order chi connectivity index (χ1) is 16.4. The molecule has 1 heterocycles. The van der Waals surface area contributed by atoms with Gasteiger partial charge in [-0.15, -0.1) is 11.8 Å². The van der Waals surface area contributed by atoms with Crippen molar-refractivity contribution in [3.05, 3.63) is 42.5 Å². The fourth-order valence-corrected chi connectivity index (χ4v) is 5.94. The Morgan fingerprint density at radius 1 is 1.09 bits per heavy atom. The summed E-state index contributed by atoms with van der Waals surface area (Å²) >= 11 is 1.93. The molecule has 0 radical (unpaired) electrons. The van der Waals surface area contributed by atoms with Crippen molar-refractivity contribution in [2.75, 3.05) is 49.9 Å². The molecule has 0 spiro atoms. The van der Waals surface area contributed by atoms with E-state index in [-0.39, 0.29) is 18.0 Å². The Morgan fingerprint density at radius 2 is 1.76 bits per heavy atom. The third-order valence-electron chi connectivity index (χ3n) is 6.60. The lowest BCUT2D eigenvalue weighted by atomic mass is 9.79. The Hall–Kier alpha value is -2.34. The number of methoxy groups -OCH3 is 1. The molecular formula is C28H40N2O3S. The molecule has 186 valence electrons. The molecule has 0 unspecified atom stereocenters. The van der Waals surface area contributed by atoms with Crippen LogP contribution in [0.2, 0.25) is 0 Å². The van der Waals surface area contributed by atoms with Gasteiger partial charge in [0.2, 0.25) is 0 Å². The first-order valence-corrected chi connectivity index (χ1v) is 13.4. The highest BCUT2D eigenvalue weighted by Gasteiger charge is 2.36. The molecule has 3 rings (SSSR count).